The topological polar surface area (TPSA) is 21.3 Å². The van der Waals surface area contributed by atoms with Gasteiger partial charge in [0.15, 0.2) is 0 Å². The summed E-state index contributed by atoms with van der Waals surface area (Å²) in [6, 6.07) is 5.65. The van der Waals surface area contributed by atoms with E-state index < -0.39 is 0 Å². The second-order valence-corrected chi connectivity index (χ2v) is 5.23. The van der Waals surface area contributed by atoms with E-state index in [9.17, 15) is 0 Å². The van der Waals surface area contributed by atoms with Crippen molar-refractivity contribution in [3.8, 4) is 0 Å². The molecule has 0 unspecified atom stereocenters. The van der Waals surface area contributed by atoms with E-state index in [1.54, 1.807) is 7.11 Å². The predicted molar refractivity (Wildman–Crippen MR) is 69.3 cm³/mol. The zero-order valence-corrected chi connectivity index (χ0v) is 11.3. The first kappa shape index (κ1) is 13.8. The van der Waals surface area contributed by atoms with Crippen LogP contribution in [0.25, 0.3) is 0 Å². The zero-order chi connectivity index (χ0) is 12.2. The van der Waals surface area contributed by atoms with Gasteiger partial charge in [-0.05, 0) is 31.5 Å². The van der Waals surface area contributed by atoms with Crippen molar-refractivity contribution in [2.75, 3.05) is 13.7 Å². The Morgan fingerprint density at radius 1 is 1.25 bits per heavy atom. The Kier molecular flexibility index (Phi) is 5.06. The van der Waals surface area contributed by atoms with E-state index in [-0.39, 0.29) is 5.54 Å². The molecule has 16 heavy (non-hydrogen) atoms. The molecule has 90 valence electrons. The van der Waals surface area contributed by atoms with E-state index in [2.05, 4.69) is 19.2 Å². The van der Waals surface area contributed by atoms with Crippen LogP contribution in [0.4, 0.5) is 0 Å². The van der Waals surface area contributed by atoms with Crippen molar-refractivity contribution in [1.29, 1.82) is 0 Å². The zero-order valence-electron chi connectivity index (χ0n) is 9.81. The third kappa shape index (κ3) is 4.30. The summed E-state index contributed by atoms with van der Waals surface area (Å²) in [7, 11) is 1.70. The monoisotopic (exact) mass is 261 g/mol. The number of halogens is 2. The van der Waals surface area contributed by atoms with E-state index in [4.69, 9.17) is 27.9 Å². The number of hydrogen-bond acceptors (Lipinski definition) is 2. The average molecular weight is 262 g/mol. The third-order valence-electron chi connectivity index (χ3n) is 2.26. The molecule has 0 radical (unpaired) electrons. The van der Waals surface area contributed by atoms with E-state index in [0.717, 1.165) is 12.1 Å². The van der Waals surface area contributed by atoms with Gasteiger partial charge in [0.1, 0.15) is 0 Å². The van der Waals surface area contributed by atoms with Gasteiger partial charge < -0.3 is 10.1 Å². The molecule has 0 heterocycles. The first-order chi connectivity index (χ1) is 7.44. The number of methoxy groups -OCH3 is 1. The Morgan fingerprint density at radius 3 is 2.50 bits per heavy atom. The molecule has 0 aromatic heterocycles. The molecule has 0 fully saturated rings. The van der Waals surface area contributed by atoms with Crippen molar-refractivity contribution >= 4 is 23.2 Å². The Balaban J connectivity index is 2.57. The van der Waals surface area contributed by atoms with E-state index >= 15 is 0 Å². The van der Waals surface area contributed by atoms with Crippen LogP contribution in [0.3, 0.4) is 0 Å². The van der Waals surface area contributed by atoms with E-state index in [1.807, 2.05) is 18.2 Å². The minimum absolute atomic E-state index is 0.0547. The highest BCUT2D eigenvalue weighted by molar-refractivity contribution is 6.42. The van der Waals surface area contributed by atoms with Crippen molar-refractivity contribution in [1.82, 2.24) is 5.32 Å². The highest BCUT2D eigenvalue weighted by Gasteiger charge is 2.16. The molecular formula is C12H17Cl2NO. The smallest absolute Gasteiger partial charge is 0.0639 e. The van der Waals surface area contributed by atoms with E-state index in [0.29, 0.717) is 16.7 Å². The lowest BCUT2D eigenvalue weighted by Crippen LogP contribution is -2.42. The van der Waals surface area contributed by atoms with Crippen molar-refractivity contribution in [2.45, 2.75) is 25.9 Å². The van der Waals surface area contributed by atoms with Crippen molar-refractivity contribution < 1.29 is 4.74 Å². The lowest BCUT2D eigenvalue weighted by Gasteiger charge is -2.25. The molecule has 0 aliphatic carbocycles. The fourth-order valence-corrected chi connectivity index (χ4v) is 1.72. The van der Waals surface area contributed by atoms with Crippen LogP contribution in [-0.2, 0) is 11.3 Å². The summed E-state index contributed by atoms with van der Waals surface area (Å²) in [6.07, 6.45) is 0. The fourth-order valence-electron chi connectivity index (χ4n) is 1.40. The quantitative estimate of drug-likeness (QED) is 0.876. The molecule has 0 aliphatic rings. The summed E-state index contributed by atoms with van der Waals surface area (Å²) in [4.78, 5) is 0. The Hall–Kier alpha value is -0.280. The molecule has 1 aromatic carbocycles. The van der Waals surface area contributed by atoms with Crippen LogP contribution < -0.4 is 5.32 Å². The lowest BCUT2D eigenvalue weighted by atomic mass is 10.1. The van der Waals surface area contributed by atoms with Gasteiger partial charge in [0.25, 0.3) is 0 Å². The number of benzene rings is 1. The lowest BCUT2D eigenvalue weighted by molar-refractivity contribution is 0.128. The summed E-state index contributed by atoms with van der Waals surface area (Å²) in [5.41, 5.74) is 1.06. The van der Waals surface area contributed by atoms with Crippen LogP contribution in [0.15, 0.2) is 18.2 Å². The van der Waals surface area contributed by atoms with Gasteiger partial charge >= 0.3 is 0 Å². The van der Waals surface area contributed by atoms with Gasteiger partial charge in [-0.25, -0.2) is 0 Å². The van der Waals surface area contributed by atoms with Gasteiger partial charge in [0.05, 0.1) is 16.7 Å². The molecule has 0 amide bonds. The van der Waals surface area contributed by atoms with Gasteiger partial charge in [-0.15, -0.1) is 0 Å². The largest absolute Gasteiger partial charge is 0.383 e. The van der Waals surface area contributed by atoms with Gasteiger partial charge in [-0.2, -0.15) is 0 Å². The summed E-state index contributed by atoms with van der Waals surface area (Å²) < 4.78 is 5.13. The maximum atomic E-state index is 5.94. The Labute approximate surface area is 107 Å². The van der Waals surface area contributed by atoms with Crippen LogP contribution in [0.1, 0.15) is 19.4 Å². The summed E-state index contributed by atoms with van der Waals surface area (Å²) in [5, 5.41) is 4.57. The van der Waals surface area contributed by atoms with Crippen LogP contribution >= 0.6 is 23.2 Å². The molecule has 0 saturated heterocycles. The maximum Gasteiger partial charge on any atom is 0.0639 e. The van der Waals surface area contributed by atoms with Crippen molar-refractivity contribution in [2.24, 2.45) is 0 Å². The average Bonchev–Trinajstić information content (AvgIpc) is 2.20. The SMILES string of the molecule is COCC(C)(C)NCc1ccc(Cl)c(Cl)c1. The minimum Gasteiger partial charge on any atom is -0.383 e. The normalized spacial score (nSPS) is 11.8. The highest BCUT2D eigenvalue weighted by atomic mass is 35.5. The maximum absolute atomic E-state index is 5.94. The first-order valence-corrected chi connectivity index (χ1v) is 5.88. The third-order valence-corrected chi connectivity index (χ3v) is 3.00. The molecule has 0 bridgehead atoms. The van der Waals surface area contributed by atoms with Crippen molar-refractivity contribution in [3.63, 3.8) is 0 Å². The minimum atomic E-state index is -0.0547. The second kappa shape index (κ2) is 5.87. The Bertz CT molecular complexity index is 353. The molecule has 4 heteroatoms. The Morgan fingerprint density at radius 2 is 1.94 bits per heavy atom. The molecule has 1 N–H and O–H groups in total. The molecule has 0 spiro atoms. The summed E-state index contributed by atoms with van der Waals surface area (Å²) in [6.45, 7) is 5.59. The molecule has 1 rings (SSSR count). The van der Waals surface area contributed by atoms with E-state index in [1.165, 1.54) is 0 Å². The summed E-state index contributed by atoms with van der Waals surface area (Å²) in [5.74, 6) is 0. The number of rotatable bonds is 5. The van der Waals surface area contributed by atoms with Gasteiger partial charge in [-0.1, -0.05) is 29.3 Å². The fraction of sp³-hybridized carbons (Fsp3) is 0.500. The van der Waals surface area contributed by atoms with Gasteiger partial charge in [-0.3, -0.25) is 0 Å². The number of hydrogen-bond donors (Lipinski definition) is 1. The molecule has 0 saturated carbocycles. The highest BCUT2D eigenvalue weighted by Crippen LogP contribution is 2.22. The molecule has 0 atom stereocenters. The number of nitrogens with one attached hydrogen (secondary N) is 1. The van der Waals surface area contributed by atoms with Crippen LogP contribution in [0.5, 0.6) is 0 Å². The first-order valence-electron chi connectivity index (χ1n) is 5.12. The summed E-state index contributed by atoms with van der Waals surface area (Å²) >= 11 is 11.8. The van der Waals surface area contributed by atoms with Crippen LogP contribution in [0.2, 0.25) is 10.0 Å². The molecule has 0 aliphatic heterocycles. The van der Waals surface area contributed by atoms with Gasteiger partial charge in [0.2, 0.25) is 0 Å². The standard InChI is InChI=1S/C12H17Cl2NO/c1-12(2,8-16-3)15-7-9-4-5-10(13)11(14)6-9/h4-6,15H,7-8H2,1-3H3. The molecule has 2 nitrogen and oxygen atoms in total. The predicted octanol–water partition coefficient (Wildman–Crippen LogP) is 3.51. The number of ether oxygens (including phenoxy) is 1. The van der Waals surface area contributed by atoms with Crippen LogP contribution in [-0.4, -0.2) is 19.3 Å². The van der Waals surface area contributed by atoms with Crippen LogP contribution in [0, 0.1) is 0 Å². The van der Waals surface area contributed by atoms with Gasteiger partial charge in [0, 0.05) is 19.2 Å². The molecular weight excluding hydrogens is 245 g/mol. The second-order valence-electron chi connectivity index (χ2n) is 4.42. The van der Waals surface area contributed by atoms with Crippen molar-refractivity contribution in [3.05, 3.63) is 33.8 Å². The molecule has 1 aromatic rings.